The lowest BCUT2D eigenvalue weighted by atomic mass is 10.1. The number of furan rings is 1. The first-order valence-electron chi connectivity index (χ1n) is 8.12. The fourth-order valence-electron chi connectivity index (χ4n) is 2.75. The molecule has 3 rings (SSSR count). The summed E-state index contributed by atoms with van der Waals surface area (Å²) >= 11 is 1.27. The Labute approximate surface area is 158 Å². The Kier molecular flexibility index (Phi) is 4.96. The van der Waals surface area contributed by atoms with E-state index in [-0.39, 0.29) is 23.6 Å². The third kappa shape index (κ3) is 3.83. The molecule has 0 unspecified atom stereocenters. The highest BCUT2D eigenvalue weighted by atomic mass is 32.1. The highest BCUT2D eigenvalue weighted by molar-refractivity contribution is 7.08. The molecule has 0 aliphatic rings. The zero-order valence-corrected chi connectivity index (χ0v) is 15.6. The molecule has 2 aromatic heterocycles. The Morgan fingerprint density at radius 3 is 2.78 bits per heavy atom. The van der Waals surface area contributed by atoms with E-state index in [1.807, 2.05) is 6.92 Å². The summed E-state index contributed by atoms with van der Waals surface area (Å²) in [6, 6.07) is 8.04. The van der Waals surface area contributed by atoms with Gasteiger partial charge in [-0.05, 0) is 31.5 Å². The predicted molar refractivity (Wildman–Crippen MR) is 104 cm³/mol. The Morgan fingerprint density at radius 1 is 1.37 bits per heavy atom. The van der Waals surface area contributed by atoms with E-state index >= 15 is 0 Å². The van der Waals surface area contributed by atoms with Gasteiger partial charge in [0.1, 0.15) is 23.1 Å². The average Bonchev–Trinajstić information content (AvgIpc) is 3.15. The predicted octanol–water partition coefficient (Wildman–Crippen LogP) is 3.30. The number of rotatable bonds is 5. The van der Waals surface area contributed by atoms with Crippen molar-refractivity contribution in [2.24, 2.45) is 0 Å². The van der Waals surface area contributed by atoms with E-state index in [9.17, 15) is 20.0 Å². The molecule has 7 heteroatoms. The number of hydrogen-bond donors (Lipinski definition) is 1. The Morgan fingerprint density at radius 2 is 2.11 bits per heavy atom. The van der Waals surface area contributed by atoms with Crippen LogP contribution in [0.5, 0.6) is 5.75 Å². The van der Waals surface area contributed by atoms with Crippen LogP contribution in [0.4, 0.5) is 5.69 Å². The quantitative estimate of drug-likeness (QED) is 0.539. The molecular formula is C20H17NO5S. The summed E-state index contributed by atoms with van der Waals surface area (Å²) in [7, 11) is 0. The van der Waals surface area contributed by atoms with Gasteiger partial charge in [0.2, 0.25) is 0 Å². The smallest absolute Gasteiger partial charge is 0.270 e. The number of carbonyl (C=O) groups excluding carboxylic acids is 1. The van der Waals surface area contributed by atoms with Gasteiger partial charge in [-0.25, -0.2) is 0 Å². The minimum absolute atomic E-state index is 0.0102. The van der Waals surface area contributed by atoms with E-state index in [4.69, 9.17) is 4.42 Å². The van der Waals surface area contributed by atoms with Crippen molar-refractivity contribution in [2.75, 3.05) is 0 Å². The van der Waals surface area contributed by atoms with Gasteiger partial charge >= 0.3 is 0 Å². The Hall–Kier alpha value is -3.19. The highest BCUT2D eigenvalue weighted by Gasteiger charge is 2.14. The van der Waals surface area contributed by atoms with E-state index in [1.165, 1.54) is 30.4 Å². The van der Waals surface area contributed by atoms with Crippen LogP contribution in [0.2, 0.25) is 0 Å². The van der Waals surface area contributed by atoms with Crippen LogP contribution in [-0.4, -0.2) is 15.8 Å². The molecule has 0 fully saturated rings. The van der Waals surface area contributed by atoms with Gasteiger partial charge < -0.3 is 9.52 Å². The number of nitro groups is 1. The molecule has 0 radical (unpaired) electrons. The van der Waals surface area contributed by atoms with Crippen LogP contribution in [0.1, 0.15) is 23.8 Å². The minimum atomic E-state index is -0.449. The first-order chi connectivity index (χ1) is 12.8. The van der Waals surface area contributed by atoms with E-state index in [0.29, 0.717) is 31.7 Å². The molecule has 0 bridgehead atoms. The molecule has 0 atom stereocenters. The number of nitrogens with zero attached hydrogens (tertiary/aromatic N) is 1. The number of thiophene rings is 1. The molecule has 0 aliphatic carbocycles. The summed E-state index contributed by atoms with van der Waals surface area (Å²) in [5, 5.41) is 21.4. The van der Waals surface area contributed by atoms with Crippen LogP contribution in [0, 0.1) is 17.0 Å². The molecule has 138 valence electrons. The number of Topliss-reactive ketones (excluding diaryl/α,β-unsaturated/α-hetero) is 1. The van der Waals surface area contributed by atoms with Gasteiger partial charge in [-0.3, -0.25) is 14.9 Å². The van der Waals surface area contributed by atoms with Crippen LogP contribution in [0.3, 0.4) is 0 Å². The standard InChI is InChI=1S/C20H17NO5S/c1-11-4-5-14(21(24)25)9-16(11)18-7-6-15(26-18)10-19-20(23)17(8-12(2)22)13(3)27-19/h4-7,9-10,23H,3,8H2,1-2H3/b19-10-. The van der Waals surface area contributed by atoms with Gasteiger partial charge in [-0.1, -0.05) is 12.6 Å². The molecule has 1 aromatic carbocycles. The van der Waals surface area contributed by atoms with Gasteiger partial charge in [-0.2, -0.15) is 0 Å². The molecule has 1 N–H and O–H groups in total. The van der Waals surface area contributed by atoms with Gasteiger partial charge in [0, 0.05) is 40.3 Å². The van der Waals surface area contributed by atoms with Crippen molar-refractivity contribution in [1.29, 1.82) is 0 Å². The fraction of sp³-hybridized carbons (Fsp3) is 0.150. The number of hydrogen-bond acceptors (Lipinski definition) is 6. The zero-order valence-electron chi connectivity index (χ0n) is 14.8. The number of ketones is 1. The van der Waals surface area contributed by atoms with Crippen molar-refractivity contribution in [3.8, 4) is 17.1 Å². The van der Waals surface area contributed by atoms with Crippen LogP contribution < -0.4 is 9.06 Å². The van der Waals surface area contributed by atoms with Crippen molar-refractivity contribution in [2.45, 2.75) is 20.3 Å². The van der Waals surface area contributed by atoms with Crippen LogP contribution >= 0.6 is 11.3 Å². The zero-order chi connectivity index (χ0) is 19.7. The summed E-state index contributed by atoms with van der Waals surface area (Å²) < 4.78 is 6.99. The van der Waals surface area contributed by atoms with Crippen molar-refractivity contribution < 1.29 is 19.2 Å². The lowest BCUT2D eigenvalue weighted by molar-refractivity contribution is -0.384. The third-order valence-electron chi connectivity index (χ3n) is 4.11. The second-order valence-corrected chi connectivity index (χ2v) is 7.33. The fourth-order valence-corrected chi connectivity index (χ4v) is 3.70. The molecule has 27 heavy (non-hydrogen) atoms. The number of non-ortho nitro benzene ring substituents is 1. The summed E-state index contributed by atoms with van der Waals surface area (Å²) in [4.78, 5) is 21.9. The van der Waals surface area contributed by atoms with Gasteiger partial charge in [0.25, 0.3) is 5.69 Å². The Bertz CT molecular complexity index is 1160. The number of aryl methyl sites for hydroxylation is 1. The summed E-state index contributed by atoms with van der Waals surface area (Å²) in [6.45, 7) is 7.18. The van der Waals surface area contributed by atoms with Crippen molar-refractivity contribution in [3.63, 3.8) is 0 Å². The minimum Gasteiger partial charge on any atom is -0.506 e. The Balaban J connectivity index is 2.02. The highest BCUT2D eigenvalue weighted by Crippen LogP contribution is 2.29. The largest absolute Gasteiger partial charge is 0.506 e. The molecule has 3 aromatic rings. The SMILES string of the molecule is C=c1s/c(=C\c2ccc(-c3cc([N+](=O)[O-])ccc3C)o2)c(O)c1CC(C)=O. The molecule has 0 amide bonds. The van der Waals surface area contributed by atoms with Crippen molar-refractivity contribution >= 4 is 35.5 Å². The molecular weight excluding hydrogens is 366 g/mol. The summed E-state index contributed by atoms with van der Waals surface area (Å²) in [5.74, 6) is 0.963. The molecule has 2 heterocycles. The number of aromatic hydroxyl groups is 1. The van der Waals surface area contributed by atoms with Crippen LogP contribution in [0.15, 0.2) is 34.7 Å². The monoisotopic (exact) mass is 383 g/mol. The molecule has 0 aliphatic heterocycles. The topological polar surface area (TPSA) is 93.6 Å². The first kappa shape index (κ1) is 18.6. The van der Waals surface area contributed by atoms with E-state index in [1.54, 1.807) is 24.3 Å². The second kappa shape index (κ2) is 7.20. The average molecular weight is 383 g/mol. The van der Waals surface area contributed by atoms with Gasteiger partial charge in [-0.15, -0.1) is 11.3 Å². The summed E-state index contributed by atoms with van der Waals surface area (Å²) in [6.07, 6.45) is 1.79. The molecule has 6 nitrogen and oxygen atoms in total. The normalized spacial score (nSPS) is 11.7. The number of nitro benzene ring substituents is 1. The summed E-state index contributed by atoms with van der Waals surface area (Å²) in [5.41, 5.74) is 2.00. The van der Waals surface area contributed by atoms with Gasteiger partial charge in [0.15, 0.2) is 0 Å². The first-order valence-corrected chi connectivity index (χ1v) is 8.94. The van der Waals surface area contributed by atoms with Gasteiger partial charge in [0.05, 0.1) is 9.46 Å². The lowest BCUT2D eigenvalue weighted by Crippen LogP contribution is -2.05. The van der Waals surface area contributed by atoms with E-state index in [0.717, 1.165) is 5.56 Å². The number of carbonyl (C=O) groups is 1. The van der Waals surface area contributed by atoms with Crippen LogP contribution in [0.25, 0.3) is 24.0 Å². The maximum atomic E-state index is 11.3. The molecule has 0 saturated carbocycles. The second-order valence-electron chi connectivity index (χ2n) is 6.20. The van der Waals surface area contributed by atoms with E-state index in [2.05, 4.69) is 6.58 Å². The molecule has 0 saturated heterocycles. The van der Waals surface area contributed by atoms with Crippen molar-refractivity contribution in [1.82, 2.24) is 0 Å². The van der Waals surface area contributed by atoms with Crippen molar-refractivity contribution in [3.05, 3.63) is 66.4 Å². The number of benzene rings is 1. The maximum Gasteiger partial charge on any atom is 0.270 e. The lowest BCUT2D eigenvalue weighted by Gasteiger charge is -2.02. The van der Waals surface area contributed by atoms with Crippen LogP contribution in [-0.2, 0) is 11.2 Å². The van der Waals surface area contributed by atoms with E-state index < -0.39 is 4.92 Å². The maximum absolute atomic E-state index is 11.3. The third-order valence-corrected chi connectivity index (χ3v) is 5.14. The molecule has 0 spiro atoms.